The van der Waals surface area contributed by atoms with Crippen molar-refractivity contribution in [1.82, 2.24) is 15.0 Å². The average molecular weight is 334 g/mol. The predicted octanol–water partition coefficient (Wildman–Crippen LogP) is 3.97. The summed E-state index contributed by atoms with van der Waals surface area (Å²) in [7, 11) is 0. The van der Waals surface area contributed by atoms with Crippen LogP contribution in [0.25, 0.3) is 5.57 Å². The number of benzene rings is 1. The third-order valence-corrected chi connectivity index (χ3v) is 4.02. The molecular formula is C19H22N6. The molecule has 3 rings (SSSR count). The molecule has 1 aliphatic heterocycles. The van der Waals surface area contributed by atoms with Crippen LogP contribution < -0.4 is 11.1 Å². The van der Waals surface area contributed by atoms with Crippen molar-refractivity contribution in [3.63, 3.8) is 0 Å². The lowest BCUT2D eigenvalue weighted by Gasteiger charge is -2.10. The molecule has 3 N–H and O–H groups in total. The fraction of sp³-hybridized carbons (Fsp3) is 0.263. The number of hydrogen-bond acceptors (Lipinski definition) is 6. The maximum absolute atomic E-state index is 5.88. The van der Waals surface area contributed by atoms with E-state index in [-0.39, 0.29) is 0 Å². The summed E-state index contributed by atoms with van der Waals surface area (Å²) in [5.41, 5.74) is 10.7. The highest BCUT2D eigenvalue weighted by molar-refractivity contribution is 6.08. The summed E-state index contributed by atoms with van der Waals surface area (Å²) < 4.78 is 0. The summed E-state index contributed by atoms with van der Waals surface area (Å²) >= 11 is 0. The molecule has 0 bridgehead atoms. The van der Waals surface area contributed by atoms with Crippen molar-refractivity contribution >= 4 is 29.1 Å². The topological polar surface area (TPSA) is 89.1 Å². The smallest absolute Gasteiger partial charge is 0.231 e. The van der Waals surface area contributed by atoms with E-state index in [2.05, 4.69) is 38.3 Å². The van der Waals surface area contributed by atoms with Gasteiger partial charge >= 0.3 is 0 Å². The van der Waals surface area contributed by atoms with Crippen LogP contribution in [0.1, 0.15) is 37.0 Å². The molecule has 0 radical (unpaired) electrons. The van der Waals surface area contributed by atoms with Crippen molar-refractivity contribution in [2.24, 2.45) is 4.99 Å². The van der Waals surface area contributed by atoms with Crippen LogP contribution in [0.2, 0.25) is 0 Å². The number of nitrogen functional groups attached to an aromatic ring is 1. The van der Waals surface area contributed by atoms with Crippen LogP contribution in [-0.2, 0) is 0 Å². The van der Waals surface area contributed by atoms with Crippen molar-refractivity contribution in [1.29, 1.82) is 0 Å². The van der Waals surface area contributed by atoms with E-state index in [9.17, 15) is 0 Å². The average Bonchev–Trinajstić information content (AvgIpc) is 2.83. The maximum atomic E-state index is 5.88. The molecule has 0 aliphatic carbocycles. The van der Waals surface area contributed by atoms with Gasteiger partial charge in [-0.05, 0) is 50.0 Å². The maximum Gasteiger partial charge on any atom is 0.231 e. The first kappa shape index (κ1) is 16.8. The molecule has 0 amide bonds. The molecule has 0 unspecified atom stereocenters. The summed E-state index contributed by atoms with van der Waals surface area (Å²) in [6, 6.07) is 5.71. The zero-order valence-electron chi connectivity index (χ0n) is 14.7. The SMILES string of the molecule is CCC1=CN=CC(c2nc(C)nc(Nc3cc(N)ccc3C)n2)=CC1. The molecule has 0 saturated heterocycles. The highest BCUT2D eigenvalue weighted by Crippen LogP contribution is 2.22. The minimum absolute atomic E-state index is 0.499. The van der Waals surface area contributed by atoms with Crippen LogP contribution in [0.3, 0.4) is 0 Å². The van der Waals surface area contributed by atoms with Gasteiger partial charge in [0.1, 0.15) is 5.82 Å². The molecule has 1 aliphatic rings. The van der Waals surface area contributed by atoms with Crippen LogP contribution in [0.5, 0.6) is 0 Å². The van der Waals surface area contributed by atoms with E-state index >= 15 is 0 Å². The second kappa shape index (κ2) is 7.25. The summed E-state index contributed by atoms with van der Waals surface area (Å²) in [6.45, 7) is 5.99. The molecule has 1 aromatic heterocycles. The minimum atomic E-state index is 0.499. The number of allylic oxidation sites excluding steroid dienone is 3. The van der Waals surface area contributed by atoms with E-state index < -0.39 is 0 Å². The van der Waals surface area contributed by atoms with Crippen molar-refractivity contribution in [3.8, 4) is 0 Å². The zero-order valence-corrected chi connectivity index (χ0v) is 14.7. The van der Waals surface area contributed by atoms with E-state index in [0.29, 0.717) is 23.3 Å². The first-order chi connectivity index (χ1) is 12.0. The summed E-state index contributed by atoms with van der Waals surface area (Å²) in [5.74, 6) is 1.76. The van der Waals surface area contributed by atoms with Gasteiger partial charge in [0.2, 0.25) is 5.95 Å². The van der Waals surface area contributed by atoms with E-state index in [1.54, 1.807) is 6.21 Å². The number of aromatic nitrogens is 3. The number of aryl methyl sites for hydroxylation is 2. The van der Waals surface area contributed by atoms with Gasteiger partial charge in [0, 0.05) is 29.4 Å². The predicted molar refractivity (Wildman–Crippen MR) is 103 cm³/mol. The van der Waals surface area contributed by atoms with E-state index in [4.69, 9.17) is 5.73 Å². The van der Waals surface area contributed by atoms with E-state index in [0.717, 1.165) is 29.7 Å². The monoisotopic (exact) mass is 334 g/mol. The Morgan fingerprint density at radius 3 is 2.80 bits per heavy atom. The molecular weight excluding hydrogens is 312 g/mol. The number of nitrogens with one attached hydrogen (secondary N) is 1. The zero-order chi connectivity index (χ0) is 17.8. The molecule has 1 aromatic carbocycles. The second-order valence-corrected chi connectivity index (χ2v) is 6.01. The summed E-state index contributed by atoms with van der Waals surface area (Å²) in [5, 5.41) is 3.24. The molecule has 0 spiro atoms. The Labute approximate surface area is 147 Å². The summed E-state index contributed by atoms with van der Waals surface area (Å²) in [4.78, 5) is 17.8. The Morgan fingerprint density at radius 1 is 1.16 bits per heavy atom. The fourth-order valence-electron chi connectivity index (χ4n) is 2.52. The lowest BCUT2D eigenvalue weighted by Crippen LogP contribution is -2.06. The molecule has 0 fully saturated rings. The minimum Gasteiger partial charge on any atom is -0.399 e. The van der Waals surface area contributed by atoms with E-state index in [1.165, 1.54) is 5.57 Å². The molecule has 0 atom stereocenters. The molecule has 128 valence electrons. The highest BCUT2D eigenvalue weighted by Gasteiger charge is 2.10. The van der Waals surface area contributed by atoms with Gasteiger partial charge in [0.05, 0.1) is 0 Å². The van der Waals surface area contributed by atoms with Gasteiger partial charge in [-0.1, -0.05) is 19.1 Å². The van der Waals surface area contributed by atoms with Crippen LogP contribution in [0.15, 0.2) is 41.0 Å². The van der Waals surface area contributed by atoms with Crippen LogP contribution in [-0.4, -0.2) is 21.2 Å². The number of aliphatic imine (C=N–C) groups is 1. The molecule has 6 heteroatoms. The lowest BCUT2D eigenvalue weighted by atomic mass is 10.1. The Kier molecular flexibility index (Phi) is 4.88. The van der Waals surface area contributed by atoms with Crippen LogP contribution in [0.4, 0.5) is 17.3 Å². The molecule has 2 heterocycles. The van der Waals surface area contributed by atoms with Gasteiger partial charge < -0.3 is 11.1 Å². The number of nitrogens with two attached hydrogens (primary N) is 1. The molecule has 6 nitrogen and oxygen atoms in total. The third-order valence-electron chi connectivity index (χ3n) is 4.02. The van der Waals surface area contributed by atoms with Crippen molar-refractivity contribution in [3.05, 3.63) is 53.3 Å². The number of nitrogens with zero attached hydrogens (tertiary/aromatic N) is 4. The Hall–Kier alpha value is -3.02. The van der Waals surface area contributed by atoms with Gasteiger partial charge in [-0.25, -0.2) is 4.98 Å². The Balaban J connectivity index is 1.91. The number of anilines is 3. The molecule has 0 saturated carbocycles. The van der Waals surface area contributed by atoms with Crippen molar-refractivity contribution in [2.75, 3.05) is 11.1 Å². The van der Waals surface area contributed by atoms with Crippen molar-refractivity contribution in [2.45, 2.75) is 33.6 Å². The summed E-state index contributed by atoms with van der Waals surface area (Å²) in [6.07, 6.45) is 7.66. The van der Waals surface area contributed by atoms with Gasteiger partial charge in [-0.3, -0.25) is 4.99 Å². The van der Waals surface area contributed by atoms with Gasteiger partial charge in [0.25, 0.3) is 0 Å². The van der Waals surface area contributed by atoms with Crippen LogP contribution in [0, 0.1) is 13.8 Å². The third kappa shape index (κ3) is 4.09. The second-order valence-electron chi connectivity index (χ2n) is 6.01. The standard InChI is InChI=1S/C19H22N6/c1-4-14-6-7-15(11-21-10-14)18-22-13(3)23-19(25-18)24-17-9-16(20)8-5-12(17)2/h5,7-11H,4,6,20H2,1-3H3,(H,22,23,24,25). The van der Waals surface area contributed by atoms with Crippen LogP contribution >= 0.6 is 0 Å². The van der Waals surface area contributed by atoms with Gasteiger partial charge in [-0.15, -0.1) is 0 Å². The normalized spacial score (nSPS) is 13.9. The first-order valence-corrected chi connectivity index (χ1v) is 8.32. The number of rotatable bonds is 4. The lowest BCUT2D eigenvalue weighted by molar-refractivity contribution is 0.961. The van der Waals surface area contributed by atoms with Gasteiger partial charge in [0.15, 0.2) is 5.82 Å². The highest BCUT2D eigenvalue weighted by atomic mass is 15.2. The fourth-order valence-corrected chi connectivity index (χ4v) is 2.52. The van der Waals surface area contributed by atoms with Crippen molar-refractivity contribution < 1.29 is 0 Å². The number of hydrogen-bond donors (Lipinski definition) is 2. The van der Waals surface area contributed by atoms with E-state index in [1.807, 2.05) is 38.2 Å². The molecule has 25 heavy (non-hydrogen) atoms. The Morgan fingerprint density at radius 2 is 2.00 bits per heavy atom. The molecule has 2 aromatic rings. The Bertz CT molecular complexity index is 879. The quantitative estimate of drug-likeness (QED) is 0.826. The van der Waals surface area contributed by atoms with Gasteiger partial charge in [-0.2, -0.15) is 9.97 Å². The first-order valence-electron chi connectivity index (χ1n) is 8.32. The largest absolute Gasteiger partial charge is 0.399 e.